The highest BCUT2D eigenvalue weighted by molar-refractivity contribution is 5.92. The summed E-state index contributed by atoms with van der Waals surface area (Å²) in [5.74, 6) is -1.12. The number of aromatic amines is 1. The van der Waals surface area contributed by atoms with Gasteiger partial charge in [0.2, 0.25) is 0 Å². The summed E-state index contributed by atoms with van der Waals surface area (Å²) >= 11 is 0. The summed E-state index contributed by atoms with van der Waals surface area (Å²) in [5.41, 5.74) is 1.67. The molecule has 2 aromatic carbocycles. The van der Waals surface area contributed by atoms with Crippen molar-refractivity contribution in [1.29, 1.82) is 0 Å². The molecule has 0 radical (unpaired) electrons. The van der Waals surface area contributed by atoms with E-state index in [1.807, 2.05) is 54.6 Å². The second kappa shape index (κ2) is 7.83. The minimum Gasteiger partial charge on any atom is -0.480 e. The first-order chi connectivity index (χ1) is 14.7. The van der Waals surface area contributed by atoms with Crippen LogP contribution < -0.4 is 5.01 Å². The average molecular weight is 419 g/mol. The van der Waals surface area contributed by atoms with E-state index >= 15 is 0 Å². The Labute approximate surface area is 179 Å². The summed E-state index contributed by atoms with van der Waals surface area (Å²) in [6, 6.07) is 15.8. The van der Waals surface area contributed by atoms with Crippen LogP contribution in [0.15, 0.2) is 67.0 Å². The molecule has 2 aromatic heterocycles. The summed E-state index contributed by atoms with van der Waals surface area (Å²) < 4.78 is 7.17. The van der Waals surface area contributed by atoms with E-state index in [-0.39, 0.29) is 6.42 Å². The van der Waals surface area contributed by atoms with Crippen molar-refractivity contribution < 1.29 is 19.4 Å². The van der Waals surface area contributed by atoms with E-state index in [1.165, 1.54) is 5.01 Å². The fourth-order valence-electron chi connectivity index (χ4n) is 3.72. The summed E-state index contributed by atoms with van der Waals surface area (Å²) in [7, 11) is 0. The van der Waals surface area contributed by atoms with Crippen LogP contribution in [-0.4, -0.2) is 38.5 Å². The number of hydrogen-bond acceptors (Lipinski definition) is 3. The fourth-order valence-corrected chi connectivity index (χ4v) is 3.72. The van der Waals surface area contributed by atoms with Crippen LogP contribution in [0.25, 0.3) is 21.8 Å². The molecular formula is C24H25N3O4. The van der Waals surface area contributed by atoms with Crippen LogP contribution in [0.1, 0.15) is 26.3 Å². The third-order valence-electron chi connectivity index (χ3n) is 5.06. The molecule has 0 saturated carbocycles. The van der Waals surface area contributed by atoms with Gasteiger partial charge in [-0.3, -0.25) is 4.68 Å². The second-order valence-corrected chi connectivity index (χ2v) is 8.46. The first-order valence-electron chi connectivity index (χ1n) is 10.1. The third-order valence-corrected chi connectivity index (χ3v) is 5.06. The maximum Gasteiger partial charge on any atom is 0.430 e. The quantitative estimate of drug-likeness (QED) is 0.491. The van der Waals surface area contributed by atoms with Gasteiger partial charge in [-0.25, -0.2) is 9.59 Å². The molecule has 4 rings (SSSR count). The monoisotopic (exact) mass is 419 g/mol. The number of carboxylic acids is 1. The number of ether oxygens (including phenoxy) is 1. The lowest BCUT2D eigenvalue weighted by atomic mass is 10.0. The van der Waals surface area contributed by atoms with E-state index in [9.17, 15) is 14.7 Å². The van der Waals surface area contributed by atoms with Crippen molar-refractivity contribution in [3.63, 3.8) is 0 Å². The molecule has 0 aliphatic rings. The van der Waals surface area contributed by atoms with Crippen LogP contribution in [0.2, 0.25) is 0 Å². The maximum absolute atomic E-state index is 13.3. The Morgan fingerprint density at radius 2 is 1.81 bits per heavy atom. The molecule has 2 N–H and O–H groups in total. The maximum atomic E-state index is 13.3. The zero-order valence-corrected chi connectivity index (χ0v) is 17.7. The molecule has 31 heavy (non-hydrogen) atoms. The molecule has 4 aromatic rings. The van der Waals surface area contributed by atoms with E-state index in [0.29, 0.717) is 0 Å². The van der Waals surface area contributed by atoms with Crippen molar-refractivity contribution >= 4 is 33.9 Å². The molecule has 160 valence electrons. The standard InChI is InChI=1S/C24H25N3O4/c1-24(2,3)31-23(30)27(26-13-12-16-8-4-7-11-20(16)26)21(22(28)29)14-17-15-25-19-10-6-5-9-18(17)19/h4-13,15,21,25H,14H2,1-3H3,(H,28,29)/t21-/m0/s1. The highest BCUT2D eigenvalue weighted by Crippen LogP contribution is 2.24. The normalized spacial score (nSPS) is 12.7. The Kier molecular flexibility index (Phi) is 5.19. The van der Waals surface area contributed by atoms with Crippen LogP contribution in [0.5, 0.6) is 0 Å². The topological polar surface area (TPSA) is 87.6 Å². The molecule has 0 unspecified atom stereocenters. The molecule has 0 aliphatic carbocycles. The lowest BCUT2D eigenvalue weighted by molar-refractivity contribution is -0.139. The number of carbonyl (C=O) groups excluding carboxylic acids is 1. The van der Waals surface area contributed by atoms with E-state index in [2.05, 4.69) is 4.98 Å². The number of carbonyl (C=O) groups is 2. The van der Waals surface area contributed by atoms with Gasteiger partial charge in [0.05, 0.1) is 5.52 Å². The number of amides is 1. The number of H-pyrrole nitrogens is 1. The van der Waals surface area contributed by atoms with Gasteiger partial charge in [0.1, 0.15) is 5.60 Å². The molecule has 2 heterocycles. The summed E-state index contributed by atoms with van der Waals surface area (Å²) in [4.78, 5) is 28.9. The Morgan fingerprint density at radius 1 is 1.10 bits per heavy atom. The zero-order valence-electron chi connectivity index (χ0n) is 17.7. The van der Waals surface area contributed by atoms with Gasteiger partial charge in [0.15, 0.2) is 6.04 Å². The van der Waals surface area contributed by atoms with Gasteiger partial charge in [0, 0.05) is 35.1 Å². The summed E-state index contributed by atoms with van der Waals surface area (Å²) in [6.45, 7) is 5.27. The average Bonchev–Trinajstić information content (AvgIpc) is 3.31. The van der Waals surface area contributed by atoms with Crippen molar-refractivity contribution in [2.24, 2.45) is 0 Å². The van der Waals surface area contributed by atoms with Crippen molar-refractivity contribution in [1.82, 2.24) is 9.66 Å². The van der Waals surface area contributed by atoms with Crippen LogP contribution in [0.3, 0.4) is 0 Å². The van der Waals surface area contributed by atoms with E-state index in [1.54, 1.807) is 37.8 Å². The SMILES string of the molecule is CC(C)(C)OC(=O)N([C@@H](Cc1c[nH]c2ccccc12)C(=O)O)n1ccc2ccccc21. The van der Waals surface area contributed by atoms with E-state index in [4.69, 9.17) is 4.74 Å². The minimum atomic E-state index is -1.18. The van der Waals surface area contributed by atoms with Crippen LogP contribution in [0.4, 0.5) is 4.79 Å². The molecule has 0 fully saturated rings. The predicted octanol–water partition coefficient (Wildman–Crippen LogP) is 4.69. The van der Waals surface area contributed by atoms with E-state index < -0.39 is 23.7 Å². The number of carboxylic acid groups (broad SMARTS) is 1. The first kappa shape index (κ1) is 20.5. The number of fused-ring (bicyclic) bond motifs is 2. The number of nitrogens with zero attached hydrogens (tertiary/aromatic N) is 2. The molecular weight excluding hydrogens is 394 g/mol. The highest BCUT2D eigenvalue weighted by Gasteiger charge is 2.35. The number of benzene rings is 2. The van der Waals surface area contributed by atoms with Gasteiger partial charge >= 0.3 is 12.1 Å². The minimum absolute atomic E-state index is 0.116. The number of hydrogen-bond donors (Lipinski definition) is 2. The lowest BCUT2D eigenvalue weighted by Gasteiger charge is -2.32. The van der Waals surface area contributed by atoms with Crippen molar-refractivity contribution in [2.45, 2.75) is 38.8 Å². The Morgan fingerprint density at radius 3 is 2.55 bits per heavy atom. The first-order valence-corrected chi connectivity index (χ1v) is 10.1. The van der Waals surface area contributed by atoms with Gasteiger partial charge in [0.25, 0.3) is 0 Å². The predicted molar refractivity (Wildman–Crippen MR) is 120 cm³/mol. The van der Waals surface area contributed by atoms with Gasteiger partial charge in [-0.15, -0.1) is 0 Å². The number of aromatic nitrogens is 2. The Bertz CT molecular complexity index is 1250. The number of aliphatic carboxylic acids is 1. The second-order valence-electron chi connectivity index (χ2n) is 8.46. The molecule has 1 atom stereocenters. The molecule has 1 amide bonds. The van der Waals surface area contributed by atoms with E-state index in [0.717, 1.165) is 27.4 Å². The van der Waals surface area contributed by atoms with Crippen molar-refractivity contribution in [2.75, 3.05) is 5.01 Å². The van der Waals surface area contributed by atoms with Crippen LogP contribution in [0, 0.1) is 0 Å². The van der Waals surface area contributed by atoms with Crippen LogP contribution in [-0.2, 0) is 16.0 Å². The van der Waals surface area contributed by atoms with Crippen LogP contribution >= 0.6 is 0 Å². The molecule has 7 nitrogen and oxygen atoms in total. The number of nitrogens with one attached hydrogen (secondary N) is 1. The van der Waals surface area contributed by atoms with Crippen molar-refractivity contribution in [3.8, 4) is 0 Å². The van der Waals surface area contributed by atoms with Gasteiger partial charge in [-0.05, 0) is 44.5 Å². The molecule has 0 aliphatic heterocycles. The zero-order chi connectivity index (χ0) is 22.2. The molecule has 0 bridgehead atoms. The number of para-hydroxylation sites is 2. The van der Waals surface area contributed by atoms with Gasteiger partial charge in [-0.2, -0.15) is 5.01 Å². The fraction of sp³-hybridized carbons (Fsp3) is 0.250. The third kappa shape index (κ3) is 4.12. The largest absolute Gasteiger partial charge is 0.480 e. The summed E-state index contributed by atoms with van der Waals surface area (Å²) in [6.07, 6.45) is 2.88. The lowest BCUT2D eigenvalue weighted by Crippen LogP contribution is -2.54. The Hall–Kier alpha value is -3.74. The highest BCUT2D eigenvalue weighted by atomic mass is 16.6. The molecule has 0 saturated heterocycles. The van der Waals surface area contributed by atoms with Crippen molar-refractivity contribution in [3.05, 3.63) is 72.6 Å². The van der Waals surface area contributed by atoms with Gasteiger partial charge < -0.3 is 14.8 Å². The summed E-state index contributed by atoms with van der Waals surface area (Å²) in [5, 5.41) is 13.2. The smallest absolute Gasteiger partial charge is 0.430 e. The van der Waals surface area contributed by atoms with Gasteiger partial charge in [-0.1, -0.05) is 36.4 Å². The molecule has 7 heteroatoms. The number of rotatable bonds is 5. The molecule has 0 spiro atoms. The Balaban J connectivity index is 1.81.